The van der Waals surface area contributed by atoms with Crippen LogP contribution >= 0.6 is 0 Å². The van der Waals surface area contributed by atoms with Gasteiger partial charge >= 0.3 is 11.9 Å². The topological polar surface area (TPSA) is 166 Å². The number of Topliss-reactive ketones (excluding diaryl/α,β-unsaturated/α-hetero) is 1. The van der Waals surface area contributed by atoms with Gasteiger partial charge in [0.25, 0.3) is 0 Å². The number of carbonyl (C=O) groups excluding carboxylic acids is 4. The van der Waals surface area contributed by atoms with Gasteiger partial charge in [0.2, 0.25) is 5.79 Å². The number of aliphatic hydroxyl groups is 3. The molecule has 0 aromatic rings. The highest BCUT2D eigenvalue weighted by Crippen LogP contribution is 2.73. The number of esters is 2. The second-order valence-corrected chi connectivity index (χ2v) is 13.2. The first-order chi connectivity index (χ1) is 17.8. The number of rotatable bonds is 0. The number of hydrogen-bond acceptors (Lipinski definition) is 11. The van der Waals surface area contributed by atoms with Crippen molar-refractivity contribution in [2.45, 2.75) is 86.9 Å². The van der Waals surface area contributed by atoms with Crippen LogP contribution in [-0.2, 0) is 38.1 Å². The van der Waals surface area contributed by atoms with Crippen LogP contribution in [0, 0.1) is 34.5 Å². The molecule has 0 amide bonds. The lowest BCUT2D eigenvalue weighted by atomic mass is 9.47. The molecule has 38 heavy (non-hydrogen) atoms. The van der Waals surface area contributed by atoms with E-state index in [9.17, 15) is 34.5 Å². The molecule has 5 heterocycles. The Morgan fingerprint density at radius 1 is 1.05 bits per heavy atom. The minimum absolute atomic E-state index is 0.0247. The first-order valence-corrected chi connectivity index (χ1v) is 13.4. The second-order valence-electron chi connectivity index (χ2n) is 13.2. The molecule has 5 bridgehead atoms. The van der Waals surface area contributed by atoms with Crippen molar-refractivity contribution in [2.75, 3.05) is 6.61 Å². The minimum Gasteiger partial charge on any atom is -0.458 e. The Labute approximate surface area is 217 Å². The van der Waals surface area contributed by atoms with Gasteiger partial charge in [0, 0.05) is 5.92 Å². The summed E-state index contributed by atoms with van der Waals surface area (Å²) in [6.45, 7) is 3.15. The van der Waals surface area contributed by atoms with Crippen LogP contribution in [0.1, 0.15) is 46.0 Å². The summed E-state index contributed by atoms with van der Waals surface area (Å²) in [5.41, 5.74) is -8.58. The number of ketones is 2. The van der Waals surface area contributed by atoms with Crippen LogP contribution in [-0.4, -0.2) is 86.3 Å². The van der Waals surface area contributed by atoms with E-state index >= 15 is 0 Å². The van der Waals surface area contributed by atoms with Gasteiger partial charge in [-0.15, -0.1) is 0 Å². The molecule has 13 atom stereocenters. The van der Waals surface area contributed by atoms with Crippen LogP contribution in [0.15, 0.2) is 12.2 Å². The predicted molar refractivity (Wildman–Crippen MR) is 121 cm³/mol. The van der Waals surface area contributed by atoms with Gasteiger partial charge in [0.15, 0.2) is 28.9 Å². The predicted octanol–water partition coefficient (Wildman–Crippen LogP) is -0.667. The Morgan fingerprint density at radius 3 is 2.58 bits per heavy atom. The van der Waals surface area contributed by atoms with Crippen molar-refractivity contribution in [1.82, 2.24) is 0 Å². The van der Waals surface area contributed by atoms with Crippen molar-refractivity contribution in [2.24, 2.45) is 34.5 Å². The van der Waals surface area contributed by atoms with E-state index in [2.05, 4.69) is 0 Å². The summed E-state index contributed by atoms with van der Waals surface area (Å²) in [6.07, 6.45) is -0.605. The molecule has 2 saturated carbocycles. The molecule has 0 aromatic heterocycles. The first-order valence-electron chi connectivity index (χ1n) is 13.4. The molecule has 7 fully saturated rings. The third-order valence-electron chi connectivity index (χ3n) is 12.1. The van der Waals surface area contributed by atoms with Gasteiger partial charge in [-0.1, -0.05) is 13.0 Å². The SMILES string of the molecule is C[C@@]12C[C@H]3OC(=O)[C@@H]1CO[C@@]14O[C@]5(C3OC(=O)[C@]5(O)CCC3C1C[C@@H](O)[C@@]1(O)CC=CC(=O)[C@]31C)C2C4=O. The maximum Gasteiger partial charge on any atom is 0.341 e. The molecule has 0 aromatic carbocycles. The molecule has 4 unspecified atom stereocenters. The van der Waals surface area contributed by atoms with Gasteiger partial charge in [-0.25, -0.2) is 4.79 Å². The molecule has 11 heteroatoms. The largest absolute Gasteiger partial charge is 0.458 e. The number of carbonyl (C=O) groups is 4. The van der Waals surface area contributed by atoms with Crippen molar-refractivity contribution < 1.29 is 53.4 Å². The van der Waals surface area contributed by atoms with Crippen LogP contribution in [0.3, 0.4) is 0 Å². The van der Waals surface area contributed by atoms with Gasteiger partial charge in [-0.2, -0.15) is 0 Å². The summed E-state index contributed by atoms with van der Waals surface area (Å²) in [6, 6.07) is 0. The maximum absolute atomic E-state index is 14.7. The van der Waals surface area contributed by atoms with Gasteiger partial charge < -0.3 is 34.3 Å². The number of allylic oxidation sites excluding steroid dienone is 1. The van der Waals surface area contributed by atoms with E-state index in [1.165, 1.54) is 12.2 Å². The molecule has 204 valence electrons. The zero-order valence-corrected chi connectivity index (χ0v) is 21.0. The van der Waals surface area contributed by atoms with Crippen LogP contribution in [0.5, 0.6) is 0 Å². The van der Waals surface area contributed by atoms with E-state index in [4.69, 9.17) is 18.9 Å². The molecular weight excluding hydrogens is 500 g/mol. The fourth-order valence-electron chi connectivity index (χ4n) is 10.2. The van der Waals surface area contributed by atoms with Crippen molar-refractivity contribution in [3.8, 4) is 0 Å². The Balaban J connectivity index is 1.41. The molecule has 8 aliphatic rings. The molecule has 2 spiro atoms. The highest BCUT2D eigenvalue weighted by Gasteiger charge is 2.90. The first kappa shape index (κ1) is 23.7. The summed E-state index contributed by atoms with van der Waals surface area (Å²) in [4.78, 5) is 54.9. The fraction of sp³-hybridized carbons (Fsp3) is 0.778. The third kappa shape index (κ3) is 2.03. The van der Waals surface area contributed by atoms with Crippen LogP contribution in [0.25, 0.3) is 0 Å². The lowest BCUT2D eigenvalue weighted by Gasteiger charge is -2.62. The van der Waals surface area contributed by atoms with Crippen LogP contribution < -0.4 is 0 Å². The van der Waals surface area contributed by atoms with Crippen molar-refractivity contribution in [3.05, 3.63) is 12.2 Å². The quantitative estimate of drug-likeness (QED) is 0.340. The molecule has 0 radical (unpaired) electrons. The molecule has 5 saturated heterocycles. The van der Waals surface area contributed by atoms with Crippen LogP contribution in [0.2, 0.25) is 0 Å². The highest BCUT2D eigenvalue weighted by molar-refractivity contribution is 6.00. The van der Waals surface area contributed by atoms with Crippen molar-refractivity contribution in [3.63, 3.8) is 0 Å². The lowest BCUT2D eigenvalue weighted by Crippen LogP contribution is -2.76. The molecule has 3 aliphatic carbocycles. The zero-order chi connectivity index (χ0) is 26.8. The number of aliphatic hydroxyl groups excluding tert-OH is 1. The van der Waals surface area contributed by atoms with E-state index in [1.807, 2.05) is 0 Å². The highest BCUT2D eigenvalue weighted by atomic mass is 16.7. The van der Waals surface area contributed by atoms with Gasteiger partial charge in [-0.3, -0.25) is 14.4 Å². The number of hydrogen-bond donors (Lipinski definition) is 3. The van der Waals surface area contributed by atoms with E-state index in [0.29, 0.717) is 0 Å². The van der Waals surface area contributed by atoms with Crippen molar-refractivity contribution >= 4 is 23.5 Å². The fourth-order valence-corrected chi connectivity index (χ4v) is 10.2. The number of fused-ring (bicyclic) bond motifs is 5. The van der Waals surface area contributed by atoms with Crippen LogP contribution in [0.4, 0.5) is 0 Å². The summed E-state index contributed by atoms with van der Waals surface area (Å²) >= 11 is 0. The Hall–Kier alpha value is -2.18. The molecule has 3 N–H and O–H groups in total. The third-order valence-corrected chi connectivity index (χ3v) is 12.1. The maximum atomic E-state index is 14.7. The average molecular weight is 531 g/mol. The van der Waals surface area contributed by atoms with Gasteiger partial charge in [-0.05, 0) is 56.4 Å². The van der Waals surface area contributed by atoms with Gasteiger partial charge in [0.1, 0.15) is 11.7 Å². The average Bonchev–Trinajstić information content (AvgIpc) is 3.20. The monoisotopic (exact) mass is 530 g/mol. The zero-order valence-electron chi connectivity index (χ0n) is 21.0. The molecule has 5 aliphatic heterocycles. The minimum atomic E-state index is -2.28. The Morgan fingerprint density at radius 2 is 1.82 bits per heavy atom. The van der Waals surface area contributed by atoms with E-state index < -0.39 is 98.9 Å². The summed E-state index contributed by atoms with van der Waals surface area (Å²) in [5.74, 6) is -8.22. The van der Waals surface area contributed by atoms with E-state index in [0.717, 1.165) is 0 Å². The molecule has 11 nitrogen and oxygen atoms in total. The smallest absolute Gasteiger partial charge is 0.341 e. The Bertz CT molecular complexity index is 1280. The summed E-state index contributed by atoms with van der Waals surface area (Å²) < 4.78 is 24.5. The van der Waals surface area contributed by atoms with Crippen molar-refractivity contribution in [1.29, 1.82) is 0 Å². The van der Waals surface area contributed by atoms with E-state index in [-0.39, 0.29) is 38.7 Å². The normalized spacial score (nSPS) is 61.3. The molecule has 8 rings (SSSR count). The summed E-state index contributed by atoms with van der Waals surface area (Å²) in [7, 11) is 0. The second kappa shape index (κ2) is 6.41. The lowest BCUT2D eigenvalue weighted by molar-refractivity contribution is -0.366. The Kier molecular flexibility index (Phi) is 4.00. The molecular formula is C27H30O11. The summed E-state index contributed by atoms with van der Waals surface area (Å²) in [5, 5.41) is 35.4. The standard InChI is InChI=1S/C27H30O11/c1-22-9-14-19-26-17(22)18(30)27(38-26,35-10-13(22)20(31)36-14)12-8-16(29)24(33)6-3-4-15(28)23(24,2)11(12)5-7-25(26,34)21(32)37-19/h3-4,11-14,16-17,19,29,33-34H,5-10H2,1-2H3/t11?,12?,13-,14+,16+,17?,19?,22+,23-,24-,25+,26-,27+/m0/s1. The van der Waals surface area contributed by atoms with E-state index in [1.54, 1.807) is 13.8 Å². The number of ether oxygens (including phenoxy) is 4. The van der Waals surface area contributed by atoms with Gasteiger partial charge in [0.05, 0.1) is 30.0 Å².